The molecule has 0 unspecified atom stereocenters. The molecule has 0 saturated heterocycles. The van der Waals surface area contributed by atoms with Gasteiger partial charge < -0.3 is 14.5 Å². The molecule has 3 nitrogen and oxygen atoms in total. The van der Waals surface area contributed by atoms with Crippen molar-refractivity contribution in [3.63, 3.8) is 0 Å². The van der Waals surface area contributed by atoms with Gasteiger partial charge in [-0.25, -0.2) is 0 Å². The van der Waals surface area contributed by atoms with Crippen molar-refractivity contribution in [2.45, 2.75) is 13.8 Å². The average Bonchev–Trinajstić information content (AvgIpc) is 3.16. The van der Waals surface area contributed by atoms with E-state index in [1.54, 1.807) is 0 Å². The molecule has 0 aromatic heterocycles. The molecular weight excluding hydrogens is 607 g/mol. The number of ether oxygens (including phenoxy) is 1. The van der Waals surface area contributed by atoms with Crippen molar-refractivity contribution in [3.05, 3.63) is 175 Å². The van der Waals surface area contributed by atoms with Gasteiger partial charge in [0.25, 0.3) is 6.71 Å². The summed E-state index contributed by atoms with van der Waals surface area (Å²) in [7, 11) is 0. The third-order valence-electron chi connectivity index (χ3n) is 10.4. The topological polar surface area (TPSA) is 15.7 Å². The van der Waals surface area contributed by atoms with Crippen LogP contribution in [-0.4, -0.2) is 6.71 Å². The van der Waals surface area contributed by atoms with Gasteiger partial charge in [-0.3, -0.25) is 0 Å². The Labute approximate surface area is 292 Å². The minimum atomic E-state index is -0.0179. The number of hydrogen-bond acceptors (Lipinski definition) is 3. The number of para-hydroxylation sites is 1. The lowest BCUT2D eigenvalue weighted by molar-refractivity contribution is 0.487. The first-order valence-corrected chi connectivity index (χ1v) is 17.3. The van der Waals surface area contributed by atoms with Crippen molar-refractivity contribution in [2.24, 2.45) is 0 Å². The van der Waals surface area contributed by atoms with Crippen LogP contribution in [0.25, 0.3) is 21.5 Å². The molecule has 0 atom stereocenters. The molecular formula is C46H33BN2O. The van der Waals surface area contributed by atoms with Gasteiger partial charge in [0.05, 0.1) is 0 Å². The van der Waals surface area contributed by atoms with Gasteiger partial charge >= 0.3 is 0 Å². The first-order chi connectivity index (χ1) is 24.6. The maximum atomic E-state index is 6.97. The third-order valence-corrected chi connectivity index (χ3v) is 10.4. The van der Waals surface area contributed by atoms with E-state index in [0.717, 1.165) is 39.9 Å². The normalized spacial score (nSPS) is 12.7. The zero-order valence-electron chi connectivity index (χ0n) is 28.0. The van der Waals surface area contributed by atoms with E-state index in [1.807, 2.05) is 0 Å². The molecule has 0 fully saturated rings. The third kappa shape index (κ3) is 4.31. The Hall–Kier alpha value is -6.26. The zero-order chi connectivity index (χ0) is 33.3. The summed E-state index contributed by atoms with van der Waals surface area (Å²) in [6.45, 7) is 4.24. The van der Waals surface area contributed by atoms with E-state index < -0.39 is 0 Å². The minimum Gasteiger partial charge on any atom is -0.458 e. The number of hydrogen-bond donors (Lipinski definition) is 0. The standard InChI is InChI=1S/C46H33BN2O/c1-30-19-23-33(24-20-30)48(34-25-21-31(2)22-26-34)35-27-28-40-43(29-35)50-42-18-10-17-41-45(42)47(40)44-38-15-8-6-13-36(38)37-14-7-9-16-39(37)46(44)49(41)32-11-4-3-5-12-32/h3-29H,1-2H3. The molecule has 0 bridgehead atoms. The minimum absolute atomic E-state index is 0.0179. The summed E-state index contributed by atoms with van der Waals surface area (Å²) in [6.07, 6.45) is 0. The van der Waals surface area contributed by atoms with Crippen molar-refractivity contribution in [1.29, 1.82) is 0 Å². The fourth-order valence-corrected chi connectivity index (χ4v) is 8.15. The molecule has 2 aliphatic heterocycles. The van der Waals surface area contributed by atoms with Crippen LogP contribution in [0.3, 0.4) is 0 Å². The van der Waals surface area contributed by atoms with Gasteiger partial charge in [-0.2, -0.15) is 0 Å². The molecule has 2 heterocycles. The number of fused-ring (bicyclic) bond motifs is 9. The van der Waals surface area contributed by atoms with E-state index in [0.29, 0.717) is 0 Å². The molecule has 50 heavy (non-hydrogen) atoms. The molecule has 8 aromatic carbocycles. The van der Waals surface area contributed by atoms with E-state index in [-0.39, 0.29) is 6.71 Å². The highest BCUT2D eigenvalue weighted by Crippen LogP contribution is 2.46. The maximum absolute atomic E-state index is 6.97. The molecule has 10 rings (SSSR count). The zero-order valence-corrected chi connectivity index (χ0v) is 28.0. The highest BCUT2D eigenvalue weighted by molar-refractivity contribution is 7.01. The molecule has 0 amide bonds. The van der Waals surface area contributed by atoms with Crippen LogP contribution in [0.1, 0.15) is 11.1 Å². The Bertz CT molecular complexity index is 2550. The van der Waals surface area contributed by atoms with Gasteiger partial charge in [-0.15, -0.1) is 0 Å². The second-order valence-electron chi connectivity index (χ2n) is 13.5. The van der Waals surface area contributed by atoms with Crippen LogP contribution in [0.4, 0.5) is 34.1 Å². The van der Waals surface area contributed by atoms with Crippen LogP contribution < -0.4 is 30.9 Å². The highest BCUT2D eigenvalue weighted by Gasteiger charge is 2.43. The van der Waals surface area contributed by atoms with E-state index in [4.69, 9.17) is 4.74 Å². The van der Waals surface area contributed by atoms with Gasteiger partial charge in [0.15, 0.2) is 0 Å². The molecule has 0 spiro atoms. The SMILES string of the molecule is Cc1ccc(N(c2ccc(C)cc2)c2ccc3c(c2)Oc2cccc4c2B3c2c(c3ccccc3c3ccccc23)N4c2ccccc2)cc1. The van der Waals surface area contributed by atoms with Gasteiger partial charge in [0.1, 0.15) is 11.5 Å². The highest BCUT2D eigenvalue weighted by atomic mass is 16.5. The lowest BCUT2D eigenvalue weighted by Crippen LogP contribution is -2.59. The molecule has 0 N–H and O–H groups in total. The first kappa shape index (κ1) is 28.7. The molecule has 0 aliphatic carbocycles. The first-order valence-electron chi connectivity index (χ1n) is 17.3. The van der Waals surface area contributed by atoms with Gasteiger partial charge in [-0.1, -0.05) is 114 Å². The molecule has 4 heteroatoms. The number of nitrogens with zero attached hydrogens (tertiary/aromatic N) is 2. The van der Waals surface area contributed by atoms with Crippen LogP contribution in [0.15, 0.2) is 164 Å². The Morgan fingerprint density at radius 1 is 0.480 bits per heavy atom. The van der Waals surface area contributed by atoms with Gasteiger partial charge in [0, 0.05) is 45.6 Å². The van der Waals surface area contributed by atoms with Crippen LogP contribution in [-0.2, 0) is 0 Å². The van der Waals surface area contributed by atoms with Crippen LogP contribution in [0.2, 0.25) is 0 Å². The largest absolute Gasteiger partial charge is 0.458 e. The summed E-state index contributed by atoms with van der Waals surface area (Å²) in [5, 5.41) is 5.04. The monoisotopic (exact) mass is 640 g/mol. The summed E-state index contributed by atoms with van der Waals surface area (Å²) < 4.78 is 6.97. The summed E-state index contributed by atoms with van der Waals surface area (Å²) in [5.41, 5.74) is 13.0. The van der Waals surface area contributed by atoms with Crippen LogP contribution >= 0.6 is 0 Å². The molecule has 0 saturated carbocycles. The van der Waals surface area contributed by atoms with Crippen LogP contribution in [0, 0.1) is 13.8 Å². The predicted octanol–water partition coefficient (Wildman–Crippen LogP) is 10.5. The Balaban J connectivity index is 1.25. The molecule has 236 valence electrons. The summed E-state index contributed by atoms with van der Waals surface area (Å²) in [4.78, 5) is 4.78. The molecule has 8 aromatic rings. The van der Waals surface area contributed by atoms with Gasteiger partial charge in [0.2, 0.25) is 0 Å². The Morgan fingerprint density at radius 2 is 1.06 bits per heavy atom. The van der Waals surface area contributed by atoms with Crippen molar-refractivity contribution in [1.82, 2.24) is 0 Å². The number of rotatable bonds is 4. The second kappa shape index (κ2) is 11.1. The summed E-state index contributed by atoms with van der Waals surface area (Å²) >= 11 is 0. The lowest BCUT2D eigenvalue weighted by Gasteiger charge is -2.41. The van der Waals surface area contributed by atoms with E-state index in [2.05, 4.69) is 187 Å². The van der Waals surface area contributed by atoms with Crippen molar-refractivity contribution >= 4 is 78.8 Å². The van der Waals surface area contributed by atoms with E-state index in [1.165, 1.54) is 54.7 Å². The van der Waals surface area contributed by atoms with E-state index >= 15 is 0 Å². The Morgan fingerprint density at radius 3 is 1.74 bits per heavy atom. The lowest BCUT2D eigenvalue weighted by atomic mass is 9.33. The van der Waals surface area contributed by atoms with Crippen molar-refractivity contribution in [2.75, 3.05) is 9.80 Å². The average molecular weight is 641 g/mol. The van der Waals surface area contributed by atoms with Gasteiger partial charge in [-0.05, 0) is 101 Å². The van der Waals surface area contributed by atoms with E-state index in [9.17, 15) is 0 Å². The second-order valence-corrected chi connectivity index (χ2v) is 13.5. The fourth-order valence-electron chi connectivity index (χ4n) is 8.15. The molecule has 2 aliphatic rings. The van der Waals surface area contributed by atoms with Crippen molar-refractivity contribution < 1.29 is 4.74 Å². The number of aryl methyl sites for hydroxylation is 2. The number of benzene rings is 8. The van der Waals surface area contributed by atoms with Crippen molar-refractivity contribution in [3.8, 4) is 11.5 Å². The molecule has 0 radical (unpaired) electrons. The summed E-state index contributed by atoms with van der Waals surface area (Å²) in [5.74, 6) is 1.79. The quantitative estimate of drug-likeness (QED) is 0.141. The smallest absolute Gasteiger partial charge is 0.257 e. The predicted molar refractivity (Wildman–Crippen MR) is 211 cm³/mol. The van der Waals surface area contributed by atoms with Crippen LogP contribution in [0.5, 0.6) is 11.5 Å². The fraction of sp³-hybridized carbons (Fsp3) is 0.0435. The number of anilines is 6. The summed E-state index contributed by atoms with van der Waals surface area (Å²) in [6, 6.07) is 59.4. The maximum Gasteiger partial charge on any atom is 0.257 e. The Kier molecular flexibility index (Phi) is 6.41.